The molecule has 100 valence electrons. The van der Waals surface area contributed by atoms with Crippen LogP contribution < -0.4 is 5.32 Å². The molecular weight excluding hydrogens is 243 g/mol. The molecule has 2 nitrogen and oxygen atoms in total. The number of anilines is 1. The Balaban J connectivity index is 2.06. The summed E-state index contributed by atoms with van der Waals surface area (Å²) in [4.78, 5) is 0. The first-order valence-corrected chi connectivity index (χ1v) is 6.00. The van der Waals surface area contributed by atoms with Crippen LogP contribution in [0.2, 0.25) is 0 Å². The fraction of sp³-hybridized carbons (Fsp3) is 0.538. The molecule has 0 saturated carbocycles. The molecule has 0 amide bonds. The van der Waals surface area contributed by atoms with Crippen LogP contribution in [0.4, 0.5) is 18.9 Å². The van der Waals surface area contributed by atoms with Crippen LogP contribution in [-0.4, -0.2) is 19.3 Å². The zero-order valence-corrected chi connectivity index (χ0v) is 10.2. The monoisotopic (exact) mass is 259 g/mol. The van der Waals surface area contributed by atoms with Crippen LogP contribution in [0, 0.1) is 6.92 Å². The van der Waals surface area contributed by atoms with Crippen LogP contribution >= 0.6 is 0 Å². The Bertz CT molecular complexity index is 411. The fourth-order valence-corrected chi connectivity index (χ4v) is 2.02. The maximum absolute atomic E-state index is 12.6. The van der Waals surface area contributed by atoms with E-state index < -0.39 is 11.7 Å². The normalized spacial score (nSPS) is 20.1. The standard InChI is InChI=1S/C13H16F3NO/c1-9-4-5-10(13(14,15)16)7-12(9)17-8-11-3-2-6-18-11/h4-5,7,11,17H,2-3,6,8H2,1H3. The number of hydrogen-bond acceptors (Lipinski definition) is 2. The van der Waals surface area contributed by atoms with Crippen molar-refractivity contribution in [1.29, 1.82) is 0 Å². The van der Waals surface area contributed by atoms with Gasteiger partial charge < -0.3 is 10.1 Å². The first-order chi connectivity index (χ1) is 8.47. The smallest absolute Gasteiger partial charge is 0.382 e. The lowest BCUT2D eigenvalue weighted by Crippen LogP contribution is -2.19. The molecule has 1 aromatic carbocycles. The van der Waals surface area contributed by atoms with E-state index in [9.17, 15) is 13.2 Å². The van der Waals surface area contributed by atoms with Gasteiger partial charge in [-0.05, 0) is 37.5 Å². The molecule has 1 aliphatic heterocycles. The van der Waals surface area contributed by atoms with Crippen molar-refractivity contribution in [3.8, 4) is 0 Å². The summed E-state index contributed by atoms with van der Waals surface area (Å²) >= 11 is 0. The second kappa shape index (κ2) is 5.18. The zero-order chi connectivity index (χ0) is 13.2. The molecule has 1 aromatic rings. The van der Waals surface area contributed by atoms with Gasteiger partial charge >= 0.3 is 6.18 Å². The van der Waals surface area contributed by atoms with E-state index in [0.29, 0.717) is 12.2 Å². The Hall–Kier alpha value is -1.23. The number of hydrogen-bond donors (Lipinski definition) is 1. The molecule has 1 unspecified atom stereocenters. The molecule has 0 bridgehead atoms. The molecule has 0 aliphatic carbocycles. The molecule has 0 aromatic heterocycles. The van der Waals surface area contributed by atoms with Crippen LogP contribution in [0.1, 0.15) is 24.0 Å². The van der Waals surface area contributed by atoms with E-state index in [-0.39, 0.29) is 6.10 Å². The maximum atomic E-state index is 12.6. The van der Waals surface area contributed by atoms with Crippen LogP contribution in [-0.2, 0) is 10.9 Å². The van der Waals surface area contributed by atoms with E-state index in [4.69, 9.17) is 4.74 Å². The number of rotatable bonds is 3. The summed E-state index contributed by atoms with van der Waals surface area (Å²) in [5, 5.41) is 3.04. The van der Waals surface area contributed by atoms with Crippen molar-refractivity contribution < 1.29 is 17.9 Å². The first-order valence-electron chi connectivity index (χ1n) is 6.00. The highest BCUT2D eigenvalue weighted by molar-refractivity contribution is 5.53. The number of nitrogens with one attached hydrogen (secondary N) is 1. The lowest BCUT2D eigenvalue weighted by Gasteiger charge is -2.15. The number of halogens is 3. The molecule has 1 atom stereocenters. The molecule has 0 radical (unpaired) electrons. The molecule has 1 saturated heterocycles. The molecule has 5 heteroatoms. The molecule has 1 heterocycles. The van der Waals surface area contributed by atoms with E-state index >= 15 is 0 Å². The molecule has 0 spiro atoms. The predicted octanol–water partition coefficient (Wildman–Crippen LogP) is 3.60. The lowest BCUT2D eigenvalue weighted by atomic mass is 10.1. The van der Waals surface area contributed by atoms with Crippen LogP contribution in [0.15, 0.2) is 18.2 Å². The van der Waals surface area contributed by atoms with Crippen molar-refractivity contribution in [2.75, 3.05) is 18.5 Å². The second-order valence-electron chi connectivity index (χ2n) is 4.54. The molecular formula is C13H16F3NO. The van der Waals surface area contributed by atoms with Gasteiger partial charge in [0.1, 0.15) is 0 Å². The van der Waals surface area contributed by atoms with Crippen molar-refractivity contribution in [2.24, 2.45) is 0 Å². The molecule has 1 aliphatic rings. The summed E-state index contributed by atoms with van der Waals surface area (Å²) in [7, 11) is 0. The third-order valence-electron chi connectivity index (χ3n) is 3.11. The van der Waals surface area contributed by atoms with E-state index in [1.54, 1.807) is 6.92 Å². The number of ether oxygens (including phenoxy) is 1. The largest absolute Gasteiger partial charge is 0.416 e. The lowest BCUT2D eigenvalue weighted by molar-refractivity contribution is -0.137. The maximum Gasteiger partial charge on any atom is 0.416 e. The predicted molar refractivity (Wildman–Crippen MR) is 63.6 cm³/mol. The molecule has 18 heavy (non-hydrogen) atoms. The average molecular weight is 259 g/mol. The van der Waals surface area contributed by atoms with E-state index in [1.165, 1.54) is 6.07 Å². The second-order valence-corrected chi connectivity index (χ2v) is 4.54. The summed E-state index contributed by atoms with van der Waals surface area (Å²) in [5.74, 6) is 0. The fourth-order valence-electron chi connectivity index (χ4n) is 2.02. The average Bonchev–Trinajstić information content (AvgIpc) is 2.79. The number of aryl methyl sites for hydroxylation is 1. The van der Waals surface area contributed by atoms with Crippen LogP contribution in [0.25, 0.3) is 0 Å². The van der Waals surface area contributed by atoms with Gasteiger partial charge in [0.25, 0.3) is 0 Å². The van der Waals surface area contributed by atoms with Crippen molar-refractivity contribution >= 4 is 5.69 Å². The SMILES string of the molecule is Cc1ccc(C(F)(F)F)cc1NCC1CCCO1. The minimum absolute atomic E-state index is 0.110. The van der Waals surface area contributed by atoms with Gasteiger partial charge in [0.05, 0.1) is 11.7 Å². The van der Waals surface area contributed by atoms with Gasteiger partial charge in [-0.1, -0.05) is 6.07 Å². The highest BCUT2D eigenvalue weighted by Crippen LogP contribution is 2.32. The van der Waals surface area contributed by atoms with Gasteiger partial charge in [-0.2, -0.15) is 13.2 Å². The summed E-state index contributed by atoms with van der Waals surface area (Å²) in [6, 6.07) is 3.75. The first kappa shape index (κ1) is 13.2. The van der Waals surface area contributed by atoms with E-state index in [0.717, 1.165) is 37.1 Å². The highest BCUT2D eigenvalue weighted by atomic mass is 19.4. The van der Waals surface area contributed by atoms with Gasteiger partial charge in [0.15, 0.2) is 0 Å². The molecule has 2 rings (SSSR count). The summed E-state index contributed by atoms with van der Waals surface area (Å²) in [6.45, 7) is 3.09. The highest BCUT2D eigenvalue weighted by Gasteiger charge is 2.30. The minimum Gasteiger partial charge on any atom is -0.382 e. The number of benzene rings is 1. The van der Waals surface area contributed by atoms with Gasteiger partial charge in [0.2, 0.25) is 0 Å². The summed E-state index contributed by atoms with van der Waals surface area (Å²) in [6.07, 6.45) is -2.20. The van der Waals surface area contributed by atoms with Gasteiger partial charge in [-0.25, -0.2) is 0 Å². The molecule has 1 fully saturated rings. The third kappa shape index (κ3) is 3.16. The van der Waals surface area contributed by atoms with Gasteiger partial charge in [0, 0.05) is 18.8 Å². The topological polar surface area (TPSA) is 21.3 Å². The Kier molecular flexibility index (Phi) is 3.80. The Morgan fingerprint density at radius 3 is 2.78 bits per heavy atom. The molecule has 1 N–H and O–H groups in total. The van der Waals surface area contributed by atoms with Crippen LogP contribution in [0.5, 0.6) is 0 Å². The van der Waals surface area contributed by atoms with Crippen molar-refractivity contribution in [2.45, 2.75) is 32.0 Å². The van der Waals surface area contributed by atoms with Crippen molar-refractivity contribution in [3.63, 3.8) is 0 Å². The third-order valence-corrected chi connectivity index (χ3v) is 3.11. The van der Waals surface area contributed by atoms with Crippen molar-refractivity contribution in [3.05, 3.63) is 29.3 Å². The zero-order valence-electron chi connectivity index (χ0n) is 10.2. The van der Waals surface area contributed by atoms with Gasteiger partial charge in [-0.3, -0.25) is 0 Å². The summed E-state index contributed by atoms with van der Waals surface area (Å²) in [5.41, 5.74) is 0.712. The Labute approximate surface area is 104 Å². The van der Waals surface area contributed by atoms with E-state index in [1.807, 2.05) is 0 Å². The quantitative estimate of drug-likeness (QED) is 0.895. The Morgan fingerprint density at radius 1 is 1.39 bits per heavy atom. The van der Waals surface area contributed by atoms with Gasteiger partial charge in [-0.15, -0.1) is 0 Å². The summed E-state index contributed by atoms with van der Waals surface area (Å²) < 4.78 is 43.2. The number of alkyl halides is 3. The van der Waals surface area contributed by atoms with Crippen molar-refractivity contribution in [1.82, 2.24) is 0 Å². The Morgan fingerprint density at radius 2 is 2.17 bits per heavy atom. The van der Waals surface area contributed by atoms with E-state index in [2.05, 4.69) is 5.32 Å². The minimum atomic E-state index is -4.30. The van der Waals surface area contributed by atoms with Crippen LogP contribution in [0.3, 0.4) is 0 Å².